The molecule has 2 aromatic rings. The lowest BCUT2D eigenvalue weighted by molar-refractivity contribution is -0.0512. The first-order valence-corrected chi connectivity index (χ1v) is 6.30. The number of nitrogens with zero attached hydrogens (tertiary/aromatic N) is 2. The number of nitriles is 1. The van der Waals surface area contributed by atoms with Gasteiger partial charge in [0.05, 0.1) is 18.4 Å². The van der Waals surface area contributed by atoms with Gasteiger partial charge in [-0.1, -0.05) is 12.1 Å². The molecule has 0 aliphatic carbocycles. The van der Waals surface area contributed by atoms with Crippen LogP contribution in [0.3, 0.4) is 0 Å². The fraction of sp³-hybridized carbons (Fsp3) is 0.125. The molecule has 22 heavy (non-hydrogen) atoms. The summed E-state index contributed by atoms with van der Waals surface area (Å²) in [5.41, 5.74) is 1.49. The quantitative estimate of drug-likeness (QED) is 0.789. The van der Waals surface area contributed by atoms with Gasteiger partial charge in [-0.25, -0.2) is 0 Å². The van der Waals surface area contributed by atoms with Crippen LogP contribution in [0.25, 0.3) is 11.6 Å². The Morgan fingerprint density at radius 2 is 2.09 bits per heavy atom. The van der Waals surface area contributed by atoms with Gasteiger partial charge in [0.2, 0.25) is 0 Å². The van der Waals surface area contributed by atoms with E-state index in [0.29, 0.717) is 16.8 Å². The van der Waals surface area contributed by atoms with Gasteiger partial charge in [0.25, 0.3) is 0 Å². The number of halogens is 2. The summed E-state index contributed by atoms with van der Waals surface area (Å²) in [5, 5.41) is 9.23. The molecule has 1 aromatic carbocycles. The second-order valence-electron chi connectivity index (χ2n) is 4.17. The third kappa shape index (κ3) is 3.79. The minimum Gasteiger partial charge on any atom is -0.493 e. The zero-order valence-electron chi connectivity index (χ0n) is 11.7. The highest BCUT2D eigenvalue weighted by Gasteiger charge is 2.11. The number of ether oxygens (including phenoxy) is 2. The molecule has 0 radical (unpaired) electrons. The normalized spacial score (nSPS) is 11.1. The molecule has 0 aliphatic rings. The van der Waals surface area contributed by atoms with Gasteiger partial charge in [-0.2, -0.15) is 14.0 Å². The zero-order valence-corrected chi connectivity index (χ0v) is 11.7. The van der Waals surface area contributed by atoms with Gasteiger partial charge in [0.15, 0.2) is 11.5 Å². The van der Waals surface area contributed by atoms with Crippen molar-refractivity contribution in [3.63, 3.8) is 0 Å². The smallest absolute Gasteiger partial charge is 0.387 e. The van der Waals surface area contributed by atoms with E-state index in [1.165, 1.54) is 19.2 Å². The Kier molecular flexibility index (Phi) is 5.04. The summed E-state index contributed by atoms with van der Waals surface area (Å²) in [4.78, 5) is 4.10. The summed E-state index contributed by atoms with van der Waals surface area (Å²) in [6, 6.07) is 11.7. The third-order valence-electron chi connectivity index (χ3n) is 2.78. The first kappa shape index (κ1) is 15.4. The van der Waals surface area contributed by atoms with Crippen molar-refractivity contribution in [3.8, 4) is 17.6 Å². The molecule has 0 spiro atoms. The number of allylic oxidation sites excluding steroid dienone is 1. The molecule has 1 heterocycles. The lowest BCUT2D eigenvalue weighted by Gasteiger charge is -2.10. The van der Waals surface area contributed by atoms with Crippen molar-refractivity contribution >= 4 is 11.6 Å². The Bertz CT molecular complexity index is 710. The molecule has 4 nitrogen and oxygen atoms in total. The van der Waals surface area contributed by atoms with Gasteiger partial charge in [-0.15, -0.1) is 0 Å². The van der Waals surface area contributed by atoms with E-state index in [1.54, 1.807) is 36.5 Å². The SMILES string of the molecule is COc1cc(C=C(C#N)c2ccccn2)ccc1OC(F)F. The molecular weight excluding hydrogens is 290 g/mol. The molecule has 2 rings (SSSR count). The van der Waals surface area contributed by atoms with E-state index in [-0.39, 0.29) is 11.5 Å². The molecule has 0 fully saturated rings. The van der Waals surface area contributed by atoms with Crippen LogP contribution in [0, 0.1) is 11.3 Å². The summed E-state index contributed by atoms with van der Waals surface area (Å²) in [5.74, 6) is 0.0957. The molecule has 0 atom stereocenters. The van der Waals surface area contributed by atoms with Crippen LogP contribution >= 0.6 is 0 Å². The summed E-state index contributed by atoms with van der Waals surface area (Å²) in [6.45, 7) is -2.93. The van der Waals surface area contributed by atoms with E-state index in [4.69, 9.17) is 4.74 Å². The standard InChI is InChI=1S/C16H12F2N2O2/c1-21-15-9-11(5-6-14(15)22-16(17)18)8-12(10-19)13-4-2-3-7-20-13/h2-9,16H,1H3. The van der Waals surface area contributed by atoms with E-state index in [0.717, 1.165) is 0 Å². The van der Waals surface area contributed by atoms with Gasteiger partial charge in [0, 0.05) is 6.20 Å². The molecule has 1 aromatic heterocycles. The Hall–Kier alpha value is -2.94. The van der Waals surface area contributed by atoms with Gasteiger partial charge >= 0.3 is 6.61 Å². The fourth-order valence-corrected chi connectivity index (χ4v) is 1.82. The molecule has 0 unspecified atom stereocenters. The number of rotatable bonds is 5. The highest BCUT2D eigenvalue weighted by molar-refractivity contribution is 5.88. The van der Waals surface area contributed by atoms with Crippen molar-refractivity contribution in [2.24, 2.45) is 0 Å². The lowest BCUT2D eigenvalue weighted by Crippen LogP contribution is -2.03. The van der Waals surface area contributed by atoms with E-state index in [9.17, 15) is 14.0 Å². The zero-order chi connectivity index (χ0) is 15.9. The monoisotopic (exact) mass is 302 g/mol. The predicted molar refractivity (Wildman–Crippen MR) is 77.3 cm³/mol. The number of methoxy groups -OCH3 is 1. The van der Waals surface area contributed by atoms with Gasteiger partial charge in [-0.3, -0.25) is 4.98 Å². The van der Waals surface area contributed by atoms with Crippen molar-refractivity contribution < 1.29 is 18.3 Å². The molecule has 0 aliphatic heterocycles. The molecule has 0 saturated heterocycles. The first-order chi connectivity index (χ1) is 10.6. The first-order valence-electron chi connectivity index (χ1n) is 6.30. The van der Waals surface area contributed by atoms with Crippen LogP contribution in [0.1, 0.15) is 11.3 Å². The van der Waals surface area contributed by atoms with Gasteiger partial charge in [-0.05, 0) is 35.9 Å². The molecular formula is C16H12F2N2O2. The Labute approximate surface area is 126 Å². The molecule has 112 valence electrons. The predicted octanol–water partition coefficient (Wildman–Crippen LogP) is 3.76. The van der Waals surface area contributed by atoms with Crippen LogP contribution in [0.5, 0.6) is 11.5 Å². The van der Waals surface area contributed by atoms with Crippen LogP contribution in [0.2, 0.25) is 0 Å². The maximum atomic E-state index is 12.3. The summed E-state index contributed by atoms with van der Waals surface area (Å²) in [7, 11) is 1.35. The highest BCUT2D eigenvalue weighted by Crippen LogP contribution is 2.30. The minimum absolute atomic E-state index is 0.0639. The van der Waals surface area contributed by atoms with Crippen LogP contribution < -0.4 is 9.47 Å². The second kappa shape index (κ2) is 7.18. The average molecular weight is 302 g/mol. The number of alkyl halides is 2. The third-order valence-corrected chi connectivity index (χ3v) is 2.78. The van der Waals surface area contributed by atoms with Crippen molar-refractivity contribution in [1.29, 1.82) is 5.26 Å². The lowest BCUT2D eigenvalue weighted by atomic mass is 10.1. The van der Waals surface area contributed by atoms with Crippen LogP contribution in [-0.4, -0.2) is 18.7 Å². The summed E-state index contributed by atoms with van der Waals surface area (Å²) >= 11 is 0. The minimum atomic E-state index is -2.93. The van der Waals surface area contributed by atoms with Crippen molar-refractivity contribution in [3.05, 3.63) is 53.9 Å². The highest BCUT2D eigenvalue weighted by atomic mass is 19.3. The van der Waals surface area contributed by atoms with E-state index in [2.05, 4.69) is 15.8 Å². The summed E-state index contributed by atoms with van der Waals surface area (Å²) in [6.07, 6.45) is 3.18. The largest absolute Gasteiger partial charge is 0.493 e. The maximum Gasteiger partial charge on any atom is 0.387 e. The van der Waals surface area contributed by atoms with E-state index < -0.39 is 6.61 Å². The Morgan fingerprint density at radius 1 is 1.27 bits per heavy atom. The van der Waals surface area contributed by atoms with E-state index >= 15 is 0 Å². The van der Waals surface area contributed by atoms with Gasteiger partial charge < -0.3 is 9.47 Å². The number of benzene rings is 1. The Morgan fingerprint density at radius 3 is 2.68 bits per heavy atom. The number of aromatic nitrogens is 1. The Balaban J connectivity index is 2.36. The van der Waals surface area contributed by atoms with Crippen LogP contribution in [-0.2, 0) is 0 Å². The van der Waals surface area contributed by atoms with Crippen molar-refractivity contribution in [1.82, 2.24) is 4.98 Å². The van der Waals surface area contributed by atoms with Crippen molar-refractivity contribution in [2.45, 2.75) is 6.61 Å². The molecule has 0 amide bonds. The number of hydrogen-bond acceptors (Lipinski definition) is 4. The fourth-order valence-electron chi connectivity index (χ4n) is 1.82. The average Bonchev–Trinajstić information content (AvgIpc) is 2.54. The van der Waals surface area contributed by atoms with E-state index in [1.807, 2.05) is 0 Å². The van der Waals surface area contributed by atoms with Crippen molar-refractivity contribution in [2.75, 3.05) is 7.11 Å². The summed E-state index contributed by atoms with van der Waals surface area (Å²) < 4.78 is 33.9. The maximum absolute atomic E-state index is 12.3. The molecule has 6 heteroatoms. The topological polar surface area (TPSA) is 55.1 Å². The van der Waals surface area contributed by atoms with Crippen LogP contribution in [0.15, 0.2) is 42.6 Å². The molecule has 0 N–H and O–H groups in total. The number of hydrogen-bond donors (Lipinski definition) is 0. The second-order valence-corrected chi connectivity index (χ2v) is 4.17. The molecule has 0 saturated carbocycles. The van der Waals surface area contributed by atoms with Crippen LogP contribution in [0.4, 0.5) is 8.78 Å². The molecule has 0 bridgehead atoms. The number of pyridine rings is 1. The van der Waals surface area contributed by atoms with Gasteiger partial charge in [0.1, 0.15) is 6.07 Å².